The van der Waals surface area contributed by atoms with Crippen molar-refractivity contribution in [2.24, 2.45) is 11.2 Å². The third-order valence-electron chi connectivity index (χ3n) is 3.91. The Balaban J connectivity index is 1.63. The number of imide groups is 1. The standard InChI is InChI=1S/C14H14N4O6/c1-8(24-15-18(23)16-6-9(7-16)14(21)22)17-12(19)10-4-2-3-5-11(10)13(17)20/h2-5,8-9H,6-7H2,1H3,(H,21,22)/b18-15-. The van der Waals surface area contributed by atoms with Crippen LogP contribution in [0, 0.1) is 11.1 Å². The van der Waals surface area contributed by atoms with E-state index in [1.807, 2.05) is 0 Å². The van der Waals surface area contributed by atoms with Gasteiger partial charge in [-0.2, -0.15) is 0 Å². The molecule has 126 valence electrons. The lowest BCUT2D eigenvalue weighted by atomic mass is 10.0. The van der Waals surface area contributed by atoms with Gasteiger partial charge in [0.15, 0.2) is 0 Å². The van der Waals surface area contributed by atoms with Gasteiger partial charge >= 0.3 is 5.97 Å². The van der Waals surface area contributed by atoms with Crippen molar-refractivity contribution in [1.29, 1.82) is 0 Å². The molecule has 10 heteroatoms. The van der Waals surface area contributed by atoms with Crippen LogP contribution in [0.15, 0.2) is 29.5 Å². The number of benzene rings is 1. The molecule has 1 unspecified atom stereocenters. The van der Waals surface area contributed by atoms with E-state index in [-0.39, 0.29) is 29.2 Å². The van der Waals surface area contributed by atoms with Crippen LogP contribution in [0.5, 0.6) is 0 Å². The Morgan fingerprint density at radius 2 is 1.88 bits per heavy atom. The van der Waals surface area contributed by atoms with Gasteiger partial charge in [-0.3, -0.25) is 14.4 Å². The quantitative estimate of drug-likeness (QED) is 0.359. The number of nitrogens with zero attached hydrogens (tertiary/aromatic N) is 4. The third-order valence-corrected chi connectivity index (χ3v) is 3.91. The summed E-state index contributed by atoms with van der Waals surface area (Å²) >= 11 is 0. The molecular formula is C14H14N4O6. The zero-order chi connectivity index (χ0) is 17.4. The van der Waals surface area contributed by atoms with E-state index in [0.717, 1.165) is 9.91 Å². The molecular weight excluding hydrogens is 320 g/mol. The lowest BCUT2D eigenvalue weighted by Crippen LogP contribution is -2.53. The molecule has 2 aliphatic heterocycles. The monoisotopic (exact) mass is 334 g/mol. The summed E-state index contributed by atoms with van der Waals surface area (Å²) in [7, 11) is 0. The van der Waals surface area contributed by atoms with Crippen molar-refractivity contribution in [1.82, 2.24) is 9.91 Å². The molecule has 0 aliphatic carbocycles. The zero-order valence-corrected chi connectivity index (χ0v) is 12.7. The van der Waals surface area contributed by atoms with Crippen LogP contribution in [0.25, 0.3) is 0 Å². The molecule has 3 rings (SSSR count). The van der Waals surface area contributed by atoms with Gasteiger partial charge in [0, 0.05) is 0 Å². The third kappa shape index (κ3) is 2.51. The number of hydrogen-bond acceptors (Lipinski definition) is 6. The normalized spacial score (nSPS) is 19.1. The lowest BCUT2D eigenvalue weighted by molar-refractivity contribution is -0.726. The Hall–Kier alpha value is -3.17. The van der Waals surface area contributed by atoms with Crippen molar-refractivity contribution in [3.8, 4) is 0 Å². The predicted octanol–water partition coefficient (Wildman–Crippen LogP) is 0.454. The molecule has 2 heterocycles. The minimum Gasteiger partial charge on any atom is -0.569 e. The fraction of sp³-hybridized carbons (Fsp3) is 0.357. The maximum absolute atomic E-state index is 12.2. The van der Waals surface area contributed by atoms with Crippen molar-refractivity contribution >= 4 is 17.8 Å². The number of aliphatic carboxylic acids is 1. The van der Waals surface area contributed by atoms with E-state index in [0.29, 0.717) is 0 Å². The van der Waals surface area contributed by atoms with E-state index in [9.17, 15) is 19.6 Å². The van der Waals surface area contributed by atoms with E-state index in [1.54, 1.807) is 12.1 Å². The van der Waals surface area contributed by atoms with Gasteiger partial charge in [0.05, 0.1) is 29.2 Å². The molecule has 0 aromatic heterocycles. The number of hydrazine groups is 1. The van der Waals surface area contributed by atoms with Crippen molar-refractivity contribution in [3.05, 3.63) is 40.6 Å². The summed E-state index contributed by atoms with van der Waals surface area (Å²) in [5.41, 5.74) is 0.535. The first-order chi connectivity index (χ1) is 11.4. The number of rotatable bonds is 5. The highest BCUT2D eigenvalue weighted by atomic mass is 16.7. The number of carbonyl (C=O) groups is 3. The van der Waals surface area contributed by atoms with E-state index in [2.05, 4.69) is 5.28 Å². The molecule has 2 aliphatic rings. The summed E-state index contributed by atoms with van der Waals surface area (Å²) in [6.45, 7) is 1.45. The molecule has 1 atom stereocenters. The van der Waals surface area contributed by atoms with Crippen molar-refractivity contribution in [2.75, 3.05) is 13.1 Å². The van der Waals surface area contributed by atoms with E-state index in [1.165, 1.54) is 19.1 Å². The van der Waals surface area contributed by atoms with Gasteiger partial charge in [0.2, 0.25) is 11.5 Å². The molecule has 1 aromatic rings. The molecule has 0 bridgehead atoms. The van der Waals surface area contributed by atoms with Crippen molar-refractivity contribution < 1.29 is 29.3 Å². The molecule has 1 fully saturated rings. The molecule has 1 N–H and O–H groups in total. The smallest absolute Gasteiger partial charge is 0.310 e. The van der Waals surface area contributed by atoms with Crippen LogP contribution in [0.4, 0.5) is 0 Å². The van der Waals surface area contributed by atoms with Gasteiger partial charge < -0.3 is 15.2 Å². The van der Waals surface area contributed by atoms with Gasteiger partial charge in [-0.25, -0.2) is 4.90 Å². The van der Waals surface area contributed by atoms with Crippen LogP contribution in [-0.2, 0) is 9.63 Å². The zero-order valence-electron chi connectivity index (χ0n) is 12.7. The summed E-state index contributed by atoms with van der Waals surface area (Å²) in [5, 5.41) is 24.8. The number of carboxylic acid groups (broad SMARTS) is 1. The van der Waals surface area contributed by atoms with E-state index in [4.69, 9.17) is 9.94 Å². The van der Waals surface area contributed by atoms with Crippen molar-refractivity contribution in [3.63, 3.8) is 0 Å². The number of amides is 2. The summed E-state index contributed by atoms with van der Waals surface area (Å²) in [6, 6.07) is 6.36. The summed E-state index contributed by atoms with van der Waals surface area (Å²) < 4.78 is 0. The highest BCUT2D eigenvalue weighted by molar-refractivity contribution is 6.21. The second-order valence-corrected chi connectivity index (χ2v) is 5.47. The second kappa shape index (κ2) is 5.80. The van der Waals surface area contributed by atoms with Gasteiger partial charge in [-0.15, -0.1) is 5.01 Å². The van der Waals surface area contributed by atoms with E-state index < -0.39 is 29.9 Å². The molecule has 24 heavy (non-hydrogen) atoms. The Kier molecular flexibility index (Phi) is 3.80. The van der Waals surface area contributed by atoms with Crippen LogP contribution >= 0.6 is 0 Å². The van der Waals surface area contributed by atoms with E-state index >= 15 is 0 Å². The minimum atomic E-state index is -1.08. The minimum absolute atomic E-state index is 0.0209. The Morgan fingerprint density at radius 1 is 1.33 bits per heavy atom. The summed E-state index contributed by atoms with van der Waals surface area (Å²) in [5.74, 6) is -2.65. The maximum atomic E-state index is 12.2. The SMILES string of the molecule is CC(O/N=[N+](\[O-])N1CC(C(=O)O)C1)N1C(=O)c2ccccc2C1=O. The maximum Gasteiger partial charge on any atom is 0.310 e. The molecule has 0 saturated carbocycles. The fourth-order valence-corrected chi connectivity index (χ4v) is 2.50. The van der Waals surface area contributed by atoms with Crippen LogP contribution in [0.1, 0.15) is 27.6 Å². The van der Waals surface area contributed by atoms with Crippen molar-refractivity contribution in [2.45, 2.75) is 13.2 Å². The molecule has 0 spiro atoms. The first-order valence-electron chi connectivity index (χ1n) is 7.18. The first-order valence-corrected chi connectivity index (χ1v) is 7.18. The van der Waals surface area contributed by atoms with Crippen LogP contribution in [0.3, 0.4) is 0 Å². The van der Waals surface area contributed by atoms with Gasteiger partial charge in [0.1, 0.15) is 5.92 Å². The van der Waals surface area contributed by atoms with Gasteiger partial charge in [-0.1, -0.05) is 12.1 Å². The first kappa shape index (κ1) is 15.7. The molecule has 0 radical (unpaired) electrons. The number of hydrogen-bond donors (Lipinski definition) is 1. The molecule has 1 aromatic carbocycles. The molecule has 2 amide bonds. The predicted molar refractivity (Wildman–Crippen MR) is 76.2 cm³/mol. The average Bonchev–Trinajstić information content (AvgIpc) is 2.75. The Bertz CT molecular complexity index is 708. The Labute approximate surface area is 136 Å². The highest BCUT2D eigenvalue weighted by Crippen LogP contribution is 2.25. The summed E-state index contributed by atoms with van der Waals surface area (Å²) in [4.78, 5) is 41.1. The lowest BCUT2D eigenvalue weighted by Gasteiger charge is -2.31. The number of fused-ring (bicyclic) bond motifs is 1. The second-order valence-electron chi connectivity index (χ2n) is 5.47. The van der Waals surface area contributed by atoms with Crippen LogP contribution in [-0.4, -0.2) is 57.1 Å². The van der Waals surface area contributed by atoms with Crippen LogP contribution < -0.4 is 0 Å². The summed E-state index contributed by atoms with van der Waals surface area (Å²) in [6.07, 6.45) is -1.08. The number of carboxylic acids is 1. The van der Waals surface area contributed by atoms with Gasteiger partial charge in [0.25, 0.3) is 11.8 Å². The number of carbonyl (C=O) groups excluding carboxylic acids is 2. The fourth-order valence-electron chi connectivity index (χ4n) is 2.50. The van der Waals surface area contributed by atoms with Gasteiger partial charge in [-0.05, 0) is 19.1 Å². The largest absolute Gasteiger partial charge is 0.569 e. The molecule has 1 saturated heterocycles. The molecule has 10 nitrogen and oxygen atoms in total. The highest BCUT2D eigenvalue weighted by Gasteiger charge is 2.41. The topological polar surface area (TPSA) is 126 Å². The average molecular weight is 334 g/mol. The Morgan fingerprint density at radius 3 is 2.38 bits per heavy atom. The van der Waals surface area contributed by atoms with Crippen LogP contribution in [0.2, 0.25) is 0 Å².